The average molecular weight is 305 g/mol. The molecule has 20 heavy (non-hydrogen) atoms. The van der Waals surface area contributed by atoms with Crippen LogP contribution in [0.1, 0.15) is 33.1 Å². The van der Waals surface area contributed by atoms with Crippen molar-refractivity contribution < 1.29 is 14.3 Å². The molecule has 3 aliphatic rings. The minimum Gasteiger partial charge on any atom is -0.377 e. The van der Waals surface area contributed by atoms with Crippen LogP contribution in [0.5, 0.6) is 0 Å². The fourth-order valence-corrected chi connectivity index (χ4v) is 3.94. The number of carbonyl (C=O) groups excluding carboxylic acids is 1. The van der Waals surface area contributed by atoms with Crippen molar-refractivity contribution in [2.24, 2.45) is 17.1 Å². The highest BCUT2D eigenvalue weighted by Crippen LogP contribution is 2.52. The number of fused-ring (bicyclic) bond motifs is 1. The van der Waals surface area contributed by atoms with Crippen molar-refractivity contribution in [3.8, 4) is 0 Å². The van der Waals surface area contributed by atoms with Crippen molar-refractivity contribution in [3.05, 3.63) is 0 Å². The molecule has 6 heteroatoms. The smallest absolute Gasteiger partial charge is 0.249 e. The van der Waals surface area contributed by atoms with Gasteiger partial charge in [0.2, 0.25) is 5.91 Å². The SMILES string of the molecule is CC1(C)C(NC(=O)[C@@H]2CC[C@H](CN)O2)C2CCOC21.Cl. The Morgan fingerprint density at radius 3 is 2.75 bits per heavy atom. The number of hydrogen-bond donors (Lipinski definition) is 2. The number of nitrogens with two attached hydrogens (primary N) is 1. The maximum Gasteiger partial charge on any atom is 0.249 e. The topological polar surface area (TPSA) is 73.6 Å². The molecule has 0 bridgehead atoms. The lowest BCUT2D eigenvalue weighted by Crippen LogP contribution is -2.67. The maximum absolute atomic E-state index is 12.3. The Morgan fingerprint density at radius 2 is 2.10 bits per heavy atom. The first kappa shape index (κ1) is 16.0. The van der Waals surface area contributed by atoms with E-state index in [1.165, 1.54) is 0 Å². The van der Waals surface area contributed by atoms with Crippen molar-refractivity contribution >= 4 is 18.3 Å². The summed E-state index contributed by atoms with van der Waals surface area (Å²) in [5.41, 5.74) is 5.61. The Morgan fingerprint density at radius 1 is 1.35 bits per heavy atom. The summed E-state index contributed by atoms with van der Waals surface area (Å²) in [5.74, 6) is 0.505. The molecule has 3 rings (SSSR count). The zero-order valence-corrected chi connectivity index (χ0v) is 12.9. The maximum atomic E-state index is 12.3. The van der Waals surface area contributed by atoms with Crippen LogP contribution in [-0.2, 0) is 14.3 Å². The lowest BCUT2D eigenvalue weighted by atomic mass is 9.57. The molecule has 2 aliphatic heterocycles. The van der Waals surface area contributed by atoms with E-state index in [9.17, 15) is 4.79 Å². The van der Waals surface area contributed by atoms with Crippen LogP contribution in [0.2, 0.25) is 0 Å². The third-order valence-electron chi connectivity index (χ3n) is 5.06. The van der Waals surface area contributed by atoms with Gasteiger partial charge in [-0.3, -0.25) is 4.79 Å². The van der Waals surface area contributed by atoms with Crippen LogP contribution in [0.3, 0.4) is 0 Å². The predicted molar refractivity (Wildman–Crippen MR) is 77.8 cm³/mol. The fraction of sp³-hybridized carbons (Fsp3) is 0.929. The van der Waals surface area contributed by atoms with E-state index in [1.54, 1.807) is 0 Å². The summed E-state index contributed by atoms with van der Waals surface area (Å²) in [6.45, 7) is 5.66. The van der Waals surface area contributed by atoms with Gasteiger partial charge in [-0.05, 0) is 19.3 Å². The minimum absolute atomic E-state index is 0. The predicted octanol–water partition coefficient (Wildman–Crippen LogP) is 0.844. The molecule has 3 unspecified atom stereocenters. The molecule has 3 N–H and O–H groups in total. The third kappa shape index (κ3) is 2.45. The number of halogens is 1. The molecule has 0 aromatic rings. The molecule has 5 nitrogen and oxygen atoms in total. The van der Waals surface area contributed by atoms with E-state index in [0.717, 1.165) is 25.9 Å². The van der Waals surface area contributed by atoms with E-state index in [2.05, 4.69) is 19.2 Å². The number of carbonyl (C=O) groups is 1. The monoisotopic (exact) mass is 304 g/mol. The van der Waals surface area contributed by atoms with Gasteiger partial charge in [-0.25, -0.2) is 0 Å². The lowest BCUT2D eigenvalue weighted by Gasteiger charge is -2.54. The molecule has 1 saturated carbocycles. The zero-order valence-electron chi connectivity index (χ0n) is 12.1. The largest absolute Gasteiger partial charge is 0.377 e. The molecule has 0 spiro atoms. The fourth-order valence-electron chi connectivity index (χ4n) is 3.94. The van der Waals surface area contributed by atoms with Gasteiger partial charge < -0.3 is 20.5 Å². The molecule has 1 aliphatic carbocycles. The summed E-state index contributed by atoms with van der Waals surface area (Å²) >= 11 is 0. The van der Waals surface area contributed by atoms with Crippen LogP contribution in [0.25, 0.3) is 0 Å². The Kier molecular flexibility index (Phi) is 4.64. The van der Waals surface area contributed by atoms with Crippen LogP contribution in [0, 0.1) is 11.3 Å². The van der Waals surface area contributed by atoms with E-state index in [-0.39, 0.29) is 42.0 Å². The normalized spacial score (nSPS) is 41.5. The van der Waals surface area contributed by atoms with E-state index < -0.39 is 0 Å². The summed E-state index contributed by atoms with van der Waals surface area (Å²) in [7, 11) is 0. The van der Waals surface area contributed by atoms with Crippen LogP contribution in [0.15, 0.2) is 0 Å². The molecular formula is C14H25ClN2O3. The molecule has 0 aromatic carbocycles. The van der Waals surface area contributed by atoms with Crippen molar-refractivity contribution in [3.63, 3.8) is 0 Å². The van der Waals surface area contributed by atoms with E-state index in [0.29, 0.717) is 18.6 Å². The van der Waals surface area contributed by atoms with Gasteiger partial charge in [0.25, 0.3) is 0 Å². The van der Waals surface area contributed by atoms with Crippen LogP contribution in [-0.4, -0.2) is 43.4 Å². The zero-order chi connectivity index (χ0) is 13.6. The van der Waals surface area contributed by atoms with E-state index >= 15 is 0 Å². The standard InChI is InChI=1S/C14H24N2O3.ClH/c1-14(2)11(9-5-6-18-12(9)14)16-13(17)10-4-3-8(7-15)19-10;/h8-12H,3-7,15H2,1-2H3,(H,16,17);1H/t8-,9?,10+,11?,12?;/m1./s1. The van der Waals surface area contributed by atoms with Gasteiger partial charge in [0.05, 0.1) is 12.2 Å². The highest BCUT2D eigenvalue weighted by molar-refractivity contribution is 5.85. The van der Waals surface area contributed by atoms with Gasteiger partial charge in [-0.15, -0.1) is 12.4 Å². The summed E-state index contributed by atoms with van der Waals surface area (Å²) in [6, 6.07) is 0.216. The minimum atomic E-state index is -0.314. The van der Waals surface area contributed by atoms with Crippen LogP contribution >= 0.6 is 12.4 Å². The van der Waals surface area contributed by atoms with Gasteiger partial charge in [0.1, 0.15) is 6.10 Å². The summed E-state index contributed by atoms with van der Waals surface area (Å²) in [4.78, 5) is 12.3. The molecular weight excluding hydrogens is 280 g/mol. The molecule has 2 heterocycles. The van der Waals surface area contributed by atoms with Crippen molar-refractivity contribution in [2.75, 3.05) is 13.2 Å². The number of rotatable bonds is 3. The molecule has 116 valence electrons. The number of ether oxygens (including phenoxy) is 2. The first-order valence-corrected chi connectivity index (χ1v) is 7.31. The Hall–Kier alpha value is -0.360. The second kappa shape index (κ2) is 5.79. The summed E-state index contributed by atoms with van der Waals surface area (Å²) in [5, 5.41) is 3.18. The summed E-state index contributed by atoms with van der Waals surface area (Å²) in [6.07, 6.45) is 2.76. The average Bonchev–Trinajstić information content (AvgIpc) is 3.03. The number of hydrogen-bond acceptors (Lipinski definition) is 4. The highest BCUT2D eigenvalue weighted by Gasteiger charge is 2.60. The number of nitrogens with one attached hydrogen (secondary N) is 1. The van der Waals surface area contributed by atoms with Crippen LogP contribution < -0.4 is 11.1 Å². The van der Waals surface area contributed by atoms with Gasteiger partial charge >= 0.3 is 0 Å². The first-order chi connectivity index (χ1) is 9.04. The van der Waals surface area contributed by atoms with Gasteiger partial charge in [-0.2, -0.15) is 0 Å². The highest BCUT2D eigenvalue weighted by atomic mass is 35.5. The number of amides is 1. The third-order valence-corrected chi connectivity index (χ3v) is 5.06. The Labute approximate surface area is 126 Å². The molecule has 2 saturated heterocycles. The molecule has 5 atom stereocenters. The first-order valence-electron chi connectivity index (χ1n) is 7.31. The van der Waals surface area contributed by atoms with Crippen LogP contribution in [0.4, 0.5) is 0 Å². The Bertz CT molecular complexity index is 377. The second-order valence-electron chi connectivity index (χ2n) is 6.61. The molecule has 0 radical (unpaired) electrons. The van der Waals surface area contributed by atoms with Crippen molar-refractivity contribution in [2.45, 2.75) is 57.5 Å². The molecule has 0 aromatic heterocycles. The van der Waals surface area contributed by atoms with Gasteiger partial charge in [0, 0.05) is 30.5 Å². The van der Waals surface area contributed by atoms with E-state index in [1.807, 2.05) is 0 Å². The molecule has 1 amide bonds. The Balaban J connectivity index is 0.00000147. The van der Waals surface area contributed by atoms with Crippen molar-refractivity contribution in [1.29, 1.82) is 0 Å². The second-order valence-corrected chi connectivity index (χ2v) is 6.61. The van der Waals surface area contributed by atoms with Gasteiger partial charge in [0.15, 0.2) is 0 Å². The van der Waals surface area contributed by atoms with Gasteiger partial charge in [-0.1, -0.05) is 13.8 Å². The molecule has 3 fully saturated rings. The van der Waals surface area contributed by atoms with E-state index in [4.69, 9.17) is 15.2 Å². The summed E-state index contributed by atoms with van der Waals surface area (Å²) < 4.78 is 11.4. The lowest BCUT2D eigenvalue weighted by molar-refractivity contribution is -0.146. The quantitative estimate of drug-likeness (QED) is 0.810. The van der Waals surface area contributed by atoms with Crippen molar-refractivity contribution in [1.82, 2.24) is 5.32 Å².